The molecule has 0 atom stereocenters. The van der Waals surface area contributed by atoms with Crippen molar-refractivity contribution < 1.29 is 5.02 Å². The summed E-state index contributed by atoms with van der Waals surface area (Å²) in [6.07, 6.45) is 0. The van der Waals surface area contributed by atoms with Gasteiger partial charge < -0.3 is 5.02 Å². The molecule has 0 radical (unpaired) electrons. The Morgan fingerprint density at radius 3 is 2.85 bits per heavy atom. The van der Waals surface area contributed by atoms with Gasteiger partial charge in [0.25, 0.3) is 0 Å². The topological polar surface area (TPSA) is 49.7 Å². The molecule has 0 unspecified atom stereocenters. The van der Waals surface area contributed by atoms with E-state index in [1.165, 1.54) is 11.3 Å². The molecule has 1 aromatic heterocycles. The van der Waals surface area contributed by atoms with Crippen LogP contribution >= 0.6 is 11.3 Å². The van der Waals surface area contributed by atoms with Crippen molar-refractivity contribution in [3.63, 3.8) is 0 Å². The van der Waals surface area contributed by atoms with E-state index in [0.29, 0.717) is 4.78 Å². The van der Waals surface area contributed by atoms with Crippen LogP contribution < -0.4 is 4.78 Å². The number of benzene rings is 1. The molecule has 0 fully saturated rings. The fourth-order valence-corrected chi connectivity index (χ4v) is 2.16. The molecule has 64 valence electrons. The maximum Gasteiger partial charge on any atom is 0.527 e. The van der Waals surface area contributed by atoms with Gasteiger partial charge in [-0.2, -0.15) is 4.91 Å². The summed E-state index contributed by atoms with van der Waals surface area (Å²) in [7, 11) is -1.22. The standard InChI is InChI=1S/C8H6BNO2S/c11-9(10-12)8-5-6-3-1-2-4-7(6)13-8/h1-5,11H. The van der Waals surface area contributed by atoms with E-state index in [-0.39, 0.29) is 0 Å². The number of hydrogen-bond acceptors (Lipinski definition) is 4. The molecule has 0 aliphatic carbocycles. The smallest absolute Gasteiger partial charge is 0.425 e. The molecule has 5 heteroatoms. The van der Waals surface area contributed by atoms with Crippen molar-refractivity contribution in [1.29, 1.82) is 0 Å². The molecule has 0 aliphatic heterocycles. The van der Waals surface area contributed by atoms with Crippen molar-refractivity contribution in [2.24, 2.45) is 5.09 Å². The van der Waals surface area contributed by atoms with E-state index in [9.17, 15) is 4.91 Å². The molecule has 13 heavy (non-hydrogen) atoms. The molecule has 3 nitrogen and oxygen atoms in total. The number of nitrogens with zero attached hydrogens (tertiary/aromatic N) is 1. The predicted octanol–water partition coefficient (Wildman–Crippen LogP) is 1.36. The lowest BCUT2D eigenvalue weighted by atomic mass is 9.84. The second-order valence-electron chi connectivity index (χ2n) is 2.67. The van der Waals surface area contributed by atoms with Gasteiger partial charge >= 0.3 is 7.05 Å². The van der Waals surface area contributed by atoms with Crippen molar-refractivity contribution in [2.45, 2.75) is 0 Å². The summed E-state index contributed by atoms with van der Waals surface area (Å²) in [6.45, 7) is 0. The summed E-state index contributed by atoms with van der Waals surface area (Å²) in [5.74, 6) is 0. The first-order valence-corrected chi connectivity index (χ1v) is 4.62. The van der Waals surface area contributed by atoms with Gasteiger partial charge in [-0.3, -0.25) is 0 Å². The number of fused-ring (bicyclic) bond motifs is 1. The van der Waals surface area contributed by atoms with Gasteiger partial charge in [0.15, 0.2) is 0 Å². The summed E-state index contributed by atoms with van der Waals surface area (Å²) >= 11 is 1.39. The van der Waals surface area contributed by atoms with Crippen molar-refractivity contribution in [2.75, 3.05) is 0 Å². The Morgan fingerprint density at radius 2 is 2.15 bits per heavy atom. The molecule has 0 saturated heterocycles. The maximum absolute atomic E-state index is 10.1. The van der Waals surface area contributed by atoms with E-state index in [1.807, 2.05) is 24.3 Å². The van der Waals surface area contributed by atoms with Crippen LogP contribution in [-0.4, -0.2) is 12.1 Å². The maximum atomic E-state index is 10.1. The average Bonchev–Trinajstić information content (AvgIpc) is 2.59. The van der Waals surface area contributed by atoms with Gasteiger partial charge in [0.2, 0.25) is 0 Å². The SMILES string of the molecule is O=NB(O)c1cc2ccccc2s1. The predicted molar refractivity (Wildman–Crippen MR) is 55.2 cm³/mol. The highest BCUT2D eigenvalue weighted by Crippen LogP contribution is 2.18. The summed E-state index contributed by atoms with van der Waals surface area (Å²) in [6, 6.07) is 9.50. The number of thiophene rings is 1. The van der Waals surface area contributed by atoms with Crippen LogP contribution in [0.25, 0.3) is 10.1 Å². The normalized spacial score (nSPS) is 10.2. The van der Waals surface area contributed by atoms with Crippen LogP contribution in [-0.2, 0) is 0 Å². The fourth-order valence-electron chi connectivity index (χ4n) is 1.18. The van der Waals surface area contributed by atoms with Gasteiger partial charge in [-0.05, 0) is 17.5 Å². The highest BCUT2D eigenvalue weighted by atomic mass is 32.1. The number of nitroso groups, excluding NO2 is 1. The Kier molecular flexibility index (Phi) is 2.12. The van der Waals surface area contributed by atoms with Crippen LogP contribution in [0.2, 0.25) is 0 Å². The van der Waals surface area contributed by atoms with Crippen LogP contribution in [0.3, 0.4) is 0 Å². The van der Waals surface area contributed by atoms with Crippen molar-refractivity contribution in [3.05, 3.63) is 35.2 Å². The second kappa shape index (κ2) is 3.28. The number of rotatable bonds is 2. The van der Waals surface area contributed by atoms with Crippen molar-refractivity contribution >= 4 is 33.2 Å². The van der Waals surface area contributed by atoms with E-state index >= 15 is 0 Å². The van der Waals surface area contributed by atoms with Gasteiger partial charge in [-0.1, -0.05) is 23.3 Å². The van der Waals surface area contributed by atoms with Gasteiger partial charge in [0, 0.05) is 9.48 Å². The number of hydrogen-bond donors (Lipinski definition) is 1. The molecule has 1 N–H and O–H groups in total. The molecule has 1 heterocycles. The average molecular weight is 191 g/mol. The molecule has 0 amide bonds. The first-order chi connectivity index (χ1) is 6.31. The van der Waals surface area contributed by atoms with E-state index in [4.69, 9.17) is 5.02 Å². The first kappa shape index (κ1) is 8.41. The minimum Gasteiger partial charge on any atom is -0.425 e. The van der Waals surface area contributed by atoms with E-state index < -0.39 is 7.05 Å². The van der Waals surface area contributed by atoms with Gasteiger partial charge in [-0.15, -0.1) is 11.3 Å². The Balaban J connectivity index is 2.55. The van der Waals surface area contributed by atoms with E-state index in [1.54, 1.807) is 6.07 Å². The molecule has 0 spiro atoms. The fraction of sp³-hybridized carbons (Fsp3) is 0. The Labute approximate surface area is 79.1 Å². The van der Waals surface area contributed by atoms with Gasteiger partial charge in [-0.25, -0.2) is 0 Å². The summed E-state index contributed by atoms with van der Waals surface area (Å²) < 4.78 is 1.65. The zero-order valence-electron chi connectivity index (χ0n) is 6.68. The molecule has 0 bridgehead atoms. The van der Waals surface area contributed by atoms with Crippen molar-refractivity contribution in [1.82, 2.24) is 0 Å². The Morgan fingerprint density at radius 1 is 1.38 bits per heavy atom. The third-order valence-corrected chi connectivity index (χ3v) is 2.95. The molecule has 1 aromatic carbocycles. The highest BCUT2D eigenvalue weighted by Gasteiger charge is 2.18. The van der Waals surface area contributed by atoms with E-state index in [2.05, 4.69) is 5.09 Å². The zero-order chi connectivity index (χ0) is 9.26. The molecule has 0 aliphatic rings. The molecule has 2 rings (SSSR count). The minimum atomic E-state index is -1.22. The van der Waals surface area contributed by atoms with Crippen LogP contribution in [0, 0.1) is 4.91 Å². The molecular formula is C8H6BNO2S. The zero-order valence-corrected chi connectivity index (χ0v) is 7.49. The lowest BCUT2D eigenvalue weighted by Crippen LogP contribution is -2.23. The minimum absolute atomic E-state index is 0.594. The van der Waals surface area contributed by atoms with Crippen molar-refractivity contribution in [3.8, 4) is 0 Å². The Hall–Kier alpha value is -1.20. The van der Waals surface area contributed by atoms with Crippen LogP contribution in [0.4, 0.5) is 0 Å². The Bertz CT molecular complexity index is 409. The molecule has 0 saturated carbocycles. The van der Waals surface area contributed by atoms with Gasteiger partial charge in [0.05, 0.1) is 0 Å². The summed E-state index contributed by atoms with van der Waals surface area (Å²) in [4.78, 5) is 10.1. The molecule has 2 aromatic rings. The highest BCUT2D eigenvalue weighted by molar-refractivity contribution is 7.28. The van der Waals surface area contributed by atoms with Crippen LogP contribution in [0.5, 0.6) is 0 Å². The molecular weight excluding hydrogens is 185 g/mol. The van der Waals surface area contributed by atoms with E-state index in [0.717, 1.165) is 10.1 Å². The lowest BCUT2D eigenvalue weighted by Gasteiger charge is -1.86. The van der Waals surface area contributed by atoms with Crippen LogP contribution in [0.1, 0.15) is 0 Å². The largest absolute Gasteiger partial charge is 0.527 e. The lowest BCUT2D eigenvalue weighted by molar-refractivity contribution is 0.588. The first-order valence-electron chi connectivity index (χ1n) is 3.80. The second-order valence-corrected chi connectivity index (χ2v) is 3.78. The third kappa shape index (κ3) is 1.48. The summed E-state index contributed by atoms with van der Waals surface area (Å²) in [5.41, 5.74) is 0. The van der Waals surface area contributed by atoms with Gasteiger partial charge in [0.1, 0.15) is 0 Å². The van der Waals surface area contributed by atoms with Crippen LogP contribution in [0.15, 0.2) is 35.4 Å². The summed E-state index contributed by atoms with van der Waals surface area (Å²) in [5, 5.41) is 12.8. The third-order valence-electron chi connectivity index (χ3n) is 1.80. The quantitative estimate of drug-likeness (QED) is 0.575. The monoisotopic (exact) mass is 191 g/mol.